The number of anilines is 1. The van der Waals surface area contributed by atoms with Gasteiger partial charge in [-0.3, -0.25) is 9.78 Å². The number of pyridine rings is 1. The van der Waals surface area contributed by atoms with E-state index in [9.17, 15) is 18.0 Å². The van der Waals surface area contributed by atoms with E-state index in [2.05, 4.69) is 15.6 Å². The van der Waals surface area contributed by atoms with E-state index in [-0.39, 0.29) is 29.2 Å². The minimum atomic E-state index is -3.58. The molecule has 0 spiro atoms. The van der Waals surface area contributed by atoms with Gasteiger partial charge in [-0.25, -0.2) is 13.2 Å². The van der Waals surface area contributed by atoms with Crippen molar-refractivity contribution in [2.75, 3.05) is 11.1 Å². The first-order valence-electron chi connectivity index (χ1n) is 9.98. The second-order valence-corrected chi connectivity index (χ2v) is 9.39. The molecule has 3 aromatic rings. The van der Waals surface area contributed by atoms with E-state index in [0.717, 1.165) is 5.56 Å². The van der Waals surface area contributed by atoms with E-state index in [1.54, 1.807) is 36.7 Å². The molecule has 164 valence electrons. The third-order valence-electron chi connectivity index (χ3n) is 5.10. The maximum absolute atomic E-state index is 12.7. The number of hydrogen-bond donors (Lipinski definition) is 2. The zero-order valence-corrected chi connectivity index (χ0v) is 17.8. The summed E-state index contributed by atoms with van der Waals surface area (Å²) in [6, 6.07) is 16.4. The van der Waals surface area contributed by atoms with Crippen LogP contribution >= 0.6 is 0 Å². The molecule has 8 nitrogen and oxygen atoms in total. The van der Waals surface area contributed by atoms with Crippen LogP contribution in [0.5, 0.6) is 0 Å². The standard InChI is InChI=1S/C23H21N3O5S/c27-22(25-18-8-11-24-12-9-18)17-6-7-19-20(10-13-32(29,30)21(19)14-17)26-23(28)31-15-16-4-2-1-3-5-16/h1-9,11-12,14,20H,10,13,15H2,(H,26,28)(H,24,25,27). The average Bonchev–Trinajstić information content (AvgIpc) is 2.81. The summed E-state index contributed by atoms with van der Waals surface area (Å²) in [5.41, 5.74) is 2.04. The number of benzene rings is 2. The molecule has 4 rings (SSSR count). The molecule has 1 aliphatic heterocycles. The minimum Gasteiger partial charge on any atom is -0.445 e. The molecule has 0 aliphatic carbocycles. The van der Waals surface area contributed by atoms with Crippen LogP contribution in [-0.2, 0) is 21.2 Å². The Labute approximate surface area is 185 Å². The molecular weight excluding hydrogens is 430 g/mol. The molecule has 9 heteroatoms. The Morgan fingerprint density at radius 2 is 1.78 bits per heavy atom. The second kappa shape index (κ2) is 9.19. The predicted octanol–water partition coefficient (Wildman–Crippen LogP) is 3.48. The normalized spacial score (nSPS) is 16.4. The van der Waals surface area contributed by atoms with Gasteiger partial charge in [-0.05, 0) is 41.8 Å². The van der Waals surface area contributed by atoms with Gasteiger partial charge in [0.25, 0.3) is 5.91 Å². The van der Waals surface area contributed by atoms with E-state index in [1.165, 1.54) is 6.07 Å². The van der Waals surface area contributed by atoms with Crippen LogP contribution in [0.15, 0.2) is 78.0 Å². The number of carbonyl (C=O) groups excluding carboxylic acids is 2. The zero-order chi connectivity index (χ0) is 22.6. The maximum atomic E-state index is 12.7. The lowest BCUT2D eigenvalue weighted by molar-refractivity contribution is 0.102. The lowest BCUT2D eigenvalue weighted by atomic mass is 10.0. The van der Waals surface area contributed by atoms with E-state index in [1.807, 2.05) is 30.3 Å². The average molecular weight is 452 g/mol. The molecule has 2 heterocycles. The number of sulfone groups is 1. The highest BCUT2D eigenvalue weighted by molar-refractivity contribution is 7.91. The van der Waals surface area contributed by atoms with Crippen LogP contribution in [0.25, 0.3) is 0 Å². The number of alkyl carbamates (subject to hydrolysis) is 1. The Kier molecular flexibility index (Phi) is 6.18. The first-order chi connectivity index (χ1) is 15.4. The van der Waals surface area contributed by atoms with Gasteiger partial charge < -0.3 is 15.4 Å². The van der Waals surface area contributed by atoms with Crippen LogP contribution in [0.3, 0.4) is 0 Å². The number of rotatable bonds is 5. The second-order valence-electron chi connectivity index (χ2n) is 7.31. The summed E-state index contributed by atoms with van der Waals surface area (Å²) in [5, 5.41) is 5.44. The largest absolute Gasteiger partial charge is 0.445 e. The summed E-state index contributed by atoms with van der Waals surface area (Å²) >= 11 is 0. The molecule has 2 aromatic carbocycles. The number of aromatic nitrogens is 1. The minimum absolute atomic E-state index is 0.0412. The summed E-state index contributed by atoms with van der Waals surface area (Å²) in [7, 11) is -3.58. The third-order valence-corrected chi connectivity index (χ3v) is 6.90. The molecule has 2 amide bonds. The van der Waals surface area contributed by atoms with Crippen molar-refractivity contribution in [3.63, 3.8) is 0 Å². The topological polar surface area (TPSA) is 114 Å². The number of hydrogen-bond acceptors (Lipinski definition) is 6. The number of nitrogens with one attached hydrogen (secondary N) is 2. The van der Waals surface area contributed by atoms with Gasteiger partial charge in [0.05, 0.1) is 16.7 Å². The van der Waals surface area contributed by atoms with Crippen LogP contribution in [0.2, 0.25) is 0 Å². The van der Waals surface area contributed by atoms with E-state index in [4.69, 9.17) is 4.74 Å². The summed E-state index contributed by atoms with van der Waals surface area (Å²) in [4.78, 5) is 28.8. The van der Waals surface area contributed by atoms with Crippen LogP contribution < -0.4 is 10.6 Å². The van der Waals surface area contributed by atoms with Gasteiger partial charge in [0, 0.05) is 23.6 Å². The Balaban J connectivity index is 1.50. The van der Waals surface area contributed by atoms with Gasteiger partial charge >= 0.3 is 6.09 Å². The number of fused-ring (bicyclic) bond motifs is 1. The highest BCUT2D eigenvalue weighted by Crippen LogP contribution is 2.33. The van der Waals surface area contributed by atoms with Gasteiger partial charge in [0.2, 0.25) is 0 Å². The molecule has 1 aromatic heterocycles. The molecule has 0 radical (unpaired) electrons. The molecule has 0 bridgehead atoms. The lowest BCUT2D eigenvalue weighted by Crippen LogP contribution is -2.34. The van der Waals surface area contributed by atoms with E-state index in [0.29, 0.717) is 11.3 Å². The molecule has 2 N–H and O–H groups in total. The maximum Gasteiger partial charge on any atom is 0.407 e. The van der Waals surface area contributed by atoms with Crippen molar-refractivity contribution in [3.8, 4) is 0 Å². The molecule has 1 aliphatic rings. The van der Waals surface area contributed by atoms with Crippen molar-refractivity contribution in [2.24, 2.45) is 0 Å². The van der Waals surface area contributed by atoms with Crippen LogP contribution in [0.1, 0.15) is 33.9 Å². The third kappa shape index (κ3) is 4.94. The fourth-order valence-corrected chi connectivity index (χ4v) is 5.11. The SMILES string of the molecule is O=C(NC1CCS(=O)(=O)c2cc(C(=O)Nc3ccncc3)ccc21)OCc1ccccc1. The Morgan fingerprint density at radius 3 is 2.53 bits per heavy atom. The van der Waals surface area contributed by atoms with Gasteiger partial charge in [0.1, 0.15) is 6.61 Å². The quantitative estimate of drug-likeness (QED) is 0.614. The van der Waals surface area contributed by atoms with Crippen LogP contribution in [-0.4, -0.2) is 31.2 Å². The van der Waals surface area contributed by atoms with Crippen molar-refractivity contribution in [1.29, 1.82) is 0 Å². The van der Waals surface area contributed by atoms with Gasteiger partial charge in [-0.15, -0.1) is 0 Å². The molecule has 1 atom stereocenters. The zero-order valence-electron chi connectivity index (χ0n) is 17.0. The number of nitrogens with zero attached hydrogens (tertiary/aromatic N) is 1. The number of ether oxygens (including phenoxy) is 1. The summed E-state index contributed by atoms with van der Waals surface area (Å²) in [6.45, 7) is 0.110. The van der Waals surface area contributed by atoms with Crippen molar-refractivity contribution >= 4 is 27.5 Å². The molecule has 0 saturated carbocycles. The number of carbonyl (C=O) groups is 2. The molecular formula is C23H21N3O5S. The summed E-state index contributed by atoms with van der Waals surface area (Å²) in [6.07, 6.45) is 2.67. The lowest BCUT2D eigenvalue weighted by Gasteiger charge is -2.26. The molecule has 1 unspecified atom stereocenters. The smallest absolute Gasteiger partial charge is 0.407 e. The van der Waals surface area contributed by atoms with E-state index < -0.39 is 27.9 Å². The highest BCUT2D eigenvalue weighted by atomic mass is 32.2. The highest BCUT2D eigenvalue weighted by Gasteiger charge is 2.32. The van der Waals surface area contributed by atoms with Crippen molar-refractivity contribution in [2.45, 2.75) is 24.0 Å². The Morgan fingerprint density at radius 1 is 1.03 bits per heavy atom. The molecule has 32 heavy (non-hydrogen) atoms. The van der Waals surface area contributed by atoms with E-state index >= 15 is 0 Å². The van der Waals surface area contributed by atoms with Gasteiger partial charge in [-0.1, -0.05) is 36.4 Å². The fourth-order valence-electron chi connectivity index (χ4n) is 3.47. The predicted molar refractivity (Wildman–Crippen MR) is 118 cm³/mol. The van der Waals surface area contributed by atoms with Gasteiger partial charge in [0.15, 0.2) is 9.84 Å². The monoisotopic (exact) mass is 451 g/mol. The first-order valence-corrected chi connectivity index (χ1v) is 11.6. The van der Waals surface area contributed by atoms with Crippen LogP contribution in [0, 0.1) is 0 Å². The summed E-state index contributed by atoms with van der Waals surface area (Å²) in [5.74, 6) is -0.578. The Hall–Kier alpha value is -3.72. The van der Waals surface area contributed by atoms with Crippen molar-refractivity contribution in [3.05, 3.63) is 89.7 Å². The molecule has 0 fully saturated rings. The fraction of sp³-hybridized carbons (Fsp3) is 0.174. The Bertz CT molecular complexity index is 1230. The number of amides is 2. The van der Waals surface area contributed by atoms with Crippen LogP contribution in [0.4, 0.5) is 10.5 Å². The molecule has 0 saturated heterocycles. The summed E-state index contributed by atoms with van der Waals surface area (Å²) < 4.78 is 30.6. The van der Waals surface area contributed by atoms with Gasteiger partial charge in [-0.2, -0.15) is 0 Å². The van der Waals surface area contributed by atoms with Crippen molar-refractivity contribution < 1.29 is 22.7 Å². The first kappa shape index (κ1) is 21.5. The van der Waals surface area contributed by atoms with Crippen molar-refractivity contribution in [1.82, 2.24) is 10.3 Å².